The number of halogens is 1. The van der Waals surface area contributed by atoms with Crippen LogP contribution in [0.25, 0.3) is 11.2 Å². The van der Waals surface area contributed by atoms with E-state index in [9.17, 15) is 24.5 Å². The van der Waals surface area contributed by atoms with E-state index in [-0.39, 0.29) is 22.9 Å². The van der Waals surface area contributed by atoms with E-state index in [1.54, 1.807) is 0 Å². The first kappa shape index (κ1) is 22.3. The third-order valence-electron chi connectivity index (χ3n) is 4.14. The average Bonchev–Trinajstić information content (AvgIpc) is 3.21. The zero-order chi connectivity index (χ0) is 22.9. The van der Waals surface area contributed by atoms with Crippen molar-refractivity contribution in [3.8, 4) is 0 Å². The van der Waals surface area contributed by atoms with Crippen molar-refractivity contribution in [2.45, 2.75) is 45.3 Å². The van der Waals surface area contributed by atoms with Crippen molar-refractivity contribution in [3.63, 3.8) is 0 Å². The first-order valence-electron chi connectivity index (χ1n) is 8.76. The number of aromatic nitrogens is 4. The molecule has 0 aliphatic carbocycles. The summed E-state index contributed by atoms with van der Waals surface area (Å²) < 4.78 is 22.6. The van der Waals surface area contributed by atoms with E-state index in [0.717, 1.165) is 13.8 Å². The van der Waals surface area contributed by atoms with Crippen molar-refractivity contribution in [2.75, 3.05) is 6.61 Å². The lowest BCUT2D eigenvalue weighted by molar-refractivity contribution is -0.394. The van der Waals surface area contributed by atoms with Crippen molar-refractivity contribution in [1.29, 1.82) is 0 Å². The molecule has 0 N–H and O–H groups in total. The van der Waals surface area contributed by atoms with Gasteiger partial charge in [-0.1, -0.05) is 4.98 Å². The zero-order valence-corrected chi connectivity index (χ0v) is 17.1. The molecule has 2 aromatic rings. The van der Waals surface area contributed by atoms with Crippen LogP contribution >= 0.6 is 11.6 Å². The fourth-order valence-corrected chi connectivity index (χ4v) is 3.26. The summed E-state index contributed by atoms with van der Waals surface area (Å²) in [6.07, 6.45) is -3.38. The Hall–Kier alpha value is -3.39. The highest BCUT2D eigenvalue weighted by Crippen LogP contribution is 2.36. The molecule has 0 aromatic carbocycles. The number of imidazole rings is 1. The molecule has 1 aliphatic heterocycles. The maximum absolute atomic E-state index is 11.7. The van der Waals surface area contributed by atoms with E-state index in [4.69, 9.17) is 30.5 Å². The molecule has 1 fully saturated rings. The molecule has 0 radical (unpaired) electrons. The molecule has 31 heavy (non-hydrogen) atoms. The Labute approximate surface area is 178 Å². The van der Waals surface area contributed by atoms with Gasteiger partial charge in [0.2, 0.25) is 10.8 Å². The maximum Gasteiger partial charge on any atom is 0.472 e. The molecule has 2 aromatic heterocycles. The minimum atomic E-state index is -1.22. The van der Waals surface area contributed by atoms with E-state index < -0.39 is 53.3 Å². The van der Waals surface area contributed by atoms with Gasteiger partial charge < -0.3 is 29.1 Å². The number of ether oxygens (including phenoxy) is 4. The van der Waals surface area contributed by atoms with Crippen LogP contribution in [0.2, 0.25) is 5.15 Å². The molecule has 4 atom stereocenters. The lowest BCUT2D eigenvalue weighted by Gasteiger charge is -2.23. The number of fused-ring (bicyclic) bond motifs is 1. The molecule has 0 saturated carbocycles. The van der Waals surface area contributed by atoms with Crippen LogP contribution in [0.5, 0.6) is 0 Å². The summed E-state index contributed by atoms with van der Waals surface area (Å²) in [6, 6.07) is 0. The highest BCUT2D eigenvalue weighted by atomic mass is 35.5. The van der Waals surface area contributed by atoms with Gasteiger partial charge >= 0.3 is 23.9 Å². The highest BCUT2D eigenvalue weighted by Gasteiger charge is 2.51. The number of carbonyl (C=O) groups is 3. The predicted octanol–water partition coefficient (Wildman–Crippen LogP) is 0.712. The first-order chi connectivity index (χ1) is 14.6. The largest absolute Gasteiger partial charge is 0.472 e. The fraction of sp³-hybridized carbons (Fsp3) is 0.500. The number of nitrogens with zero attached hydrogens (tertiary/aromatic N) is 5. The second-order valence-corrected chi connectivity index (χ2v) is 6.77. The van der Waals surface area contributed by atoms with E-state index in [0.29, 0.717) is 0 Å². The molecule has 1 saturated heterocycles. The lowest BCUT2D eigenvalue weighted by atomic mass is 10.1. The third kappa shape index (κ3) is 4.69. The Balaban J connectivity index is 2.08. The van der Waals surface area contributed by atoms with Crippen LogP contribution in [0, 0.1) is 10.1 Å². The van der Waals surface area contributed by atoms with Crippen LogP contribution in [-0.2, 0) is 33.3 Å². The molecule has 4 unspecified atom stereocenters. The molecular weight excluding hydrogens is 442 g/mol. The summed E-state index contributed by atoms with van der Waals surface area (Å²) in [4.78, 5) is 56.3. The number of carbonyl (C=O) groups excluding carboxylic acids is 3. The summed E-state index contributed by atoms with van der Waals surface area (Å²) >= 11 is 5.97. The van der Waals surface area contributed by atoms with Crippen LogP contribution in [0.1, 0.15) is 27.0 Å². The minimum Gasteiger partial charge on any atom is -0.463 e. The van der Waals surface area contributed by atoms with Crippen molar-refractivity contribution in [2.24, 2.45) is 0 Å². The highest BCUT2D eigenvalue weighted by molar-refractivity contribution is 6.33. The molecule has 0 spiro atoms. The lowest BCUT2D eigenvalue weighted by Crippen LogP contribution is -2.40. The number of esters is 3. The first-order valence-corrected chi connectivity index (χ1v) is 9.14. The van der Waals surface area contributed by atoms with Gasteiger partial charge in [0.1, 0.15) is 19.0 Å². The van der Waals surface area contributed by atoms with Gasteiger partial charge in [-0.15, -0.1) is 0 Å². The normalized spacial score (nSPS) is 22.8. The summed E-state index contributed by atoms with van der Waals surface area (Å²) in [6.45, 7) is 3.14. The van der Waals surface area contributed by atoms with Crippen molar-refractivity contribution in [3.05, 3.63) is 21.6 Å². The number of hydrogen-bond acceptors (Lipinski definition) is 12. The van der Waals surface area contributed by atoms with Gasteiger partial charge in [0.15, 0.2) is 24.0 Å². The quantitative estimate of drug-likeness (QED) is 0.195. The number of rotatable bonds is 6. The van der Waals surface area contributed by atoms with E-state index >= 15 is 0 Å². The van der Waals surface area contributed by atoms with E-state index in [1.807, 2.05) is 0 Å². The molecule has 3 heterocycles. The van der Waals surface area contributed by atoms with Crippen molar-refractivity contribution < 1.29 is 38.3 Å². The molecule has 14 nitrogen and oxygen atoms in total. The van der Waals surface area contributed by atoms with Crippen LogP contribution in [0.3, 0.4) is 0 Å². The SMILES string of the molecule is CC(=O)OCC1OC(n2cnc3c(Cl)nc([N+](=O)[O-])nc32)C(OC(C)=O)C1OC(C)=O. The fourth-order valence-electron chi connectivity index (χ4n) is 3.06. The Morgan fingerprint density at radius 2 is 1.81 bits per heavy atom. The van der Waals surface area contributed by atoms with Gasteiger partial charge in [-0.05, 0) is 21.5 Å². The molecule has 1 aliphatic rings. The average molecular weight is 458 g/mol. The topological polar surface area (TPSA) is 175 Å². The summed E-state index contributed by atoms with van der Waals surface area (Å²) in [5.74, 6) is -2.81. The maximum atomic E-state index is 11.7. The van der Waals surface area contributed by atoms with Crippen LogP contribution in [0.15, 0.2) is 6.33 Å². The Morgan fingerprint density at radius 3 is 2.39 bits per heavy atom. The number of hydrogen-bond donors (Lipinski definition) is 0. The Bertz CT molecular complexity index is 1060. The van der Waals surface area contributed by atoms with Crippen LogP contribution in [0.4, 0.5) is 5.95 Å². The Morgan fingerprint density at radius 1 is 1.16 bits per heavy atom. The minimum absolute atomic E-state index is 0.0323. The molecule has 15 heteroatoms. The molecule has 0 amide bonds. The predicted molar refractivity (Wildman–Crippen MR) is 98.6 cm³/mol. The van der Waals surface area contributed by atoms with Crippen LogP contribution < -0.4 is 0 Å². The molecule has 3 rings (SSSR count). The standard InChI is InChI=1S/C16H16ClN5O9/c1-6(23)28-4-9-11(29-7(2)24)12(30-8(3)25)15(31-9)21-5-18-10-13(17)19-16(22(26)27)20-14(10)21/h5,9,11-12,15H,4H2,1-3H3. The second-order valence-electron chi connectivity index (χ2n) is 6.41. The van der Waals surface area contributed by atoms with Crippen LogP contribution in [-0.4, -0.2) is 67.3 Å². The zero-order valence-electron chi connectivity index (χ0n) is 16.4. The van der Waals surface area contributed by atoms with Gasteiger partial charge in [-0.2, -0.15) is 0 Å². The van der Waals surface area contributed by atoms with E-state index in [2.05, 4.69) is 15.0 Å². The summed E-state index contributed by atoms with van der Waals surface area (Å²) in [5.41, 5.74) is -0.0477. The summed E-state index contributed by atoms with van der Waals surface area (Å²) in [5, 5.41) is 10.8. The third-order valence-corrected chi connectivity index (χ3v) is 4.41. The van der Waals surface area contributed by atoms with E-state index in [1.165, 1.54) is 17.8 Å². The van der Waals surface area contributed by atoms with Gasteiger partial charge in [0.05, 0.1) is 0 Å². The number of nitro groups is 1. The van der Waals surface area contributed by atoms with Gasteiger partial charge in [-0.3, -0.25) is 19.0 Å². The smallest absolute Gasteiger partial charge is 0.463 e. The monoisotopic (exact) mass is 457 g/mol. The molecule has 166 valence electrons. The summed E-state index contributed by atoms with van der Waals surface area (Å²) in [7, 11) is 0. The second kappa shape index (κ2) is 8.77. The van der Waals surface area contributed by atoms with Gasteiger partial charge in [0.25, 0.3) is 0 Å². The van der Waals surface area contributed by atoms with Gasteiger partial charge in [0, 0.05) is 20.8 Å². The molecule has 0 bridgehead atoms. The van der Waals surface area contributed by atoms with Crippen molar-refractivity contribution >= 4 is 46.6 Å². The van der Waals surface area contributed by atoms with Crippen molar-refractivity contribution in [1.82, 2.24) is 19.5 Å². The Kier molecular flexibility index (Phi) is 6.31. The van der Waals surface area contributed by atoms with Gasteiger partial charge in [-0.25, -0.2) is 4.98 Å². The molecular formula is C16H16ClN5O9.